The highest BCUT2D eigenvalue weighted by Gasteiger charge is 2.22. The van der Waals surface area contributed by atoms with Gasteiger partial charge in [0.05, 0.1) is 6.04 Å². The Morgan fingerprint density at radius 2 is 1.90 bits per heavy atom. The van der Waals surface area contributed by atoms with E-state index in [9.17, 15) is 8.78 Å². The van der Waals surface area contributed by atoms with Gasteiger partial charge in [0.25, 0.3) is 0 Å². The fraction of sp³-hybridized carbons (Fsp3) is 0.294. The van der Waals surface area contributed by atoms with Crippen molar-refractivity contribution in [2.75, 3.05) is 0 Å². The van der Waals surface area contributed by atoms with E-state index in [0.29, 0.717) is 11.5 Å². The molecule has 3 N–H and O–H groups in total. The summed E-state index contributed by atoms with van der Waals surface area (Å²) < 4.78 is 27.0. The summed E-state index contributed by atoms with van der Waals surface area (Å²) in [6.07, 6.45) is 3.67. The lowest BCUT2D eigenvalue weighted by molar-refractivity contribution is 0.419. The molecule has 0 saturated heterocycles. The highest BCUT2D eigenvalue weighted by Crippen LogP contribution is 2.37. The first-order chi connectivity index (χ1) is 10.2. The van der Waals surface area contributed by atoms with Crippen LogP contribution in [-0.4, -0.2) is 0 Å². The Kier molecular flexibility index (Phi) is 3.99. The first kappa shape index (κ1) is 14.2. The van der Waals surface area contributed by atoms with Crippen LogP contribution in [0.1, 0.15) is 47.9 Å². The molecule has 1 aliphatic carbocycles. The molecular formula is C17H18F2N2. The normalized spacial score (nSPS) is 16.5. The number of nitrogens with two attached hydrogens (primary N) is 1. The van der Waals surface area contributed by atoms with E-state index in [1.165, 1.54) is 37.0 Å². The van der Waals surface area contributed by atoms with Gasteiger partial charge in [-0.1, -0.05) is 36.8 Å². The largest absolute Gasteiger partial charge is 0.271 e. The minimum atomic E-state index is -0.591. The molecule has 110 valence electrons. The summed E-state index contributed by atoms with van der Waals surface area (Å²) in [4.78, 5) is 0. The molecule has 3 rings (SSSR count). The molecule has 2 aromatic rings. The second-order valence-corrected chi connectivity index (χ2v) is 5.56. The molecule has 1 fully saturated rings. The molecule has 0 radical (unpaired) electrons. The van der Waals surface area contributed by atoms with Gasteiger partial charge >= 0.3 is 0 Å². The lowest BCUT2D eigenvalue weighted by Gasteiger charge is -2.27. The highest BCUT2D eigenvalue weighted by atomic mass is 19.1. The molecule has 0 heterocycles. The Bertz CT molecular complexity index is 638. The van der Waals surface area contributed by atoms with Crippen LogP contribution in [0.15, 0.2) is 42.5 Å². The van der Waals surface area contributed by atoms with E-state index in [1.54, 1.807) is 0 Å². The van der Waals surface area contributed by atoms with E-state index in [4.69, 9.17) is 5.84 Å². The second kappa shape index (κ2) is 5.92. The number of halogens is 2. The molecule has 21 heavy (non-hydrogen) atoms. The van der Waals surface area contributed by atoms with Gasteiger partial charge in [-0.3, -0.25) is 5.84 Å². The summed E-state index contributed by atoms with van der Waals surface area (Å²) in [5, 5.41) is 0. The van der Waals surface area contributed by atoms with Crippen molar-refractivity contribution in [1.82, 2.24) is 5.43 Å². The smallest absolute Gasteiger partial charge is 0.131 e. The number of hydrogen-bond acceptors (Lipinski definition) is 2. The zero-order valence-electron chi connectivity index (χ0n) is 11.7. The maximum Gasteiger partial charge on any atom is 0.131 e. The fourth-order valence-electron chi connectivity index (χ4n) is 2.84. The van der Waals surface area contributed by atoms with E-state index in [2.05, 4.69) is 17.6 Å². The molecule has 0 spiro atoms. The van der Waals surface area contributed by atoms with Crippen molar-refractivity contribution in [3.05, 3.63) is 70.8 Å². The number of nitrogens with one attached hydrogen (secondary N) is 1. The number of rotatable bonds is 4. The lowest BCUT2D eigenvalue weighted by Crippen LogP contribution is -2.29. The Morgan fingerprint density at radius 1 is 1.10 bits per heavy atom. The van der Waals surface area contributed by atoms with Gasteiger partial charge in [-0.2, -0.15) is 0 Å². The summed E-state index contributed by atoms with van der Waals surface area (Å²) >= 11 is 0. The van der Waals surface area contributed by atoms with Crippen LogP contribution in [-0.2, 0) is 0 Å². The first-order valence-electron chi connectivity index (χ1n) is 7.20. The zero-order valence-corrected chi connectivity index (χ0v) is 11.7. The van der Waals surface area contributed by atoms with Crippen LogP contribution in [0.5, 0.6) is 0 Å². The van der Waals surface area contributed by atoms with E-state index in [1.807, 2.05) is 12.1 Å². The SMILES string of the molecule is NNC(c1cccc(C2CCC2)c1)c1ccc(F)cc1F. The van der Waals surface area contributed by atoms with Crippen LogP contribution in [0.3, 0.4) is 0 Å². The molecule has 1 atom stereocenters. The van der Waals surface area contributed by atoms with Crippen LogP contribution in [0.4, 0.5) is 8.78 Å². The van der Waals surface area contributed by atoms with Crippen LogP contribution in [0.25, 0.3) is 0 Å². The van der Waals surface area contributed by atoms with Crippen molar-refractivity contribution < 1.29 is 8.78 Å². The van der Waals surface area contributed by atoms with Crippen molar-refractivity contribution in [2.24, 2.45) is 5.84 Å². The third-order valence-electron chi connectivity index (χ3n) is 4.26. The third kappa shape index (κ3) is 2.82. The maximum absolute atomic E-state index is 14.0. The van der Waals surface area contributed by atoms with E-state index in [0.717, 1.165) is 11.6 Å². The minimum absolute atomic E-state index is 0.352. The summed E-state index contributed by atoms with van der Waals surface area (Å²) in [7, 11) is 0. The molecule has 1 unspecified atom stereocenters. The Balaban J connectivity index is 1.95. The van der Waals surface area contributed by atoms with Gasteiger partial charge in [-0.25, -0.2) is 14.2 Å². The van der Waals surface area contributed by atoms with Crippen LogP contribution in [0.2, 0.25) is 0 Å². The molecule has 2 nitrogen and oxygen atoms in total. The third-order valence-corrected chi connectivity index (χ3v) is 4.26. The summed E-state index contributed by atoms with van der Waals surface area (Å²) in [5.74, 6) is 5.03. The summed E-state index contributed by atoms with van der Waals surface area (Å²) in [6.45, 7) is 0. The fourth-order valence-corrected chi connectivity index (χ4v) is 2.84. The Hall–Kier alpha value is -1.78. The lowest BCUT2D eigenvalue weighted by atomic mass is 9.79. The Labute approximate surface area is 122 Å². The number of benzene rings is 2. The van der Waals surface area contributed by atoms with Crippen molar-refractivity contribution in [3.8, 4) is 0 Å². The first-order valence-corrected chi connectivity index (χ1v) is 7.20. The highest BCUT2D eigenvalue weighted by molar-refractivity contribution is 5.36. The van der Waals surface area contributed by atoms with Crippen molar-refractivity contribution in [3.63, 3.8) is 0 Å². The average Bonchev–Trinajstić information content (AvgIpc) is 2.40. The quantitative estimate of drug-likeness (QED) is 0.663. The van der Waals surface area contributed by atoms with Gasteiger partial charge in [0.1, 0.15) is 11.6 Å². The topological polar surface area (TPSA) is 38.0 Å². The van der Waals surface area contributed by atoms with Crippen molar-refractivity contribution >= 4 is 0 Å². The number of hydrogen-bond donors (Lipinski definition) is 2. The summed E-state index contributed by atoms with van der Waals surface area (Å²) in [5.41, 5.74) is 5.15. The van der Waals surface area contributed by atoms with E-state index in [-0.39, 0.29) is 0 Å². The van der Waals surface area contributed by atoms with Crippen LogP contribution < -0.4 is 11.3 Å². The molecular weight excluding hydrogens is 270 g/mol. The van der Waals surface area contributed by atoms with E-state index < -0.39 is 17.7 Å². The standard InChI is InChI=1S/C17H18F2N2/c18-14-7-8-15(16(19)10-14)17(21-20)13-6-2-5-12(9-13)11-3-1-4-11/h2,5-11,17,21H,1,3-4,20H2. The van der Waals surface area contributed by atoms with E-state index >= 15 is 0 Å². The van der Waals surface area contributed by atoms with Crippen molar-refractivity contribution in [1.29, 1.82) is 0 Å². The van der Waals surface area contributed by atoms with Gasteiger partial charge < -0.3 is 0 Å². The predicted octanol–water partition coefficient (Wildman–Crippen LogP) is 3.79. The molecule has 2 aromatic carbocycles. The Morgan fingerprint density at radius 3 is 2.52 bits per heavy atom. The van der Waals surface area contributed by atoms with Gasteiger partial charge in [-0.05, 0) is 36.0 Å². The molecule has 1 saturated carbocycles. The average molecular weight is 288 g/mol. The molecule has 0 aromatic heterocycles. The second-order valence-electron chi connectivity index (χ2n) is 5.56. The monoisotopic (exact) mass is 288 g/mol. The zero-order chi connectivity index (χ0) is 14.8. The van der Waals surface area contributed by atoms with Gasteiger partial charge in [0, 0.05) is 11.6 Å². The minimum Gasteiger partial charge on any atom is -0.271 e. The summed E-state index contributed by atoms with van der Waals surface area (Å²) in [6, 6.07) is 11.1. The van der Waals surface area contributed by atoms with Crippen LogP contribution >= 0.6 is 0 Å². The number of hydrazine groups is 1. The molecule has 0 amide bonds. The van der Waals surface area contributed by atoms with Crippen LogP contribution in [0, 0.1) is 11.6 Å². The van der Waals surface area contributed by atoms with Gasteiger partial charge in [0.15, 0.2) is 0 Å². The molecule has 0 aliphatic heterocycles. The molecule has 4 heteroatoms. The molecule has 1 aliphatic rings. The predicted molar refractivity (Wildman–Crippen MR) is 78.6 cm³/mol. The van der Waals surface area contributed by atoms with Gasteiger partial charge in [0.2, 0.25) is 0 Å². The maximum atomic E-state index is 14.0. The van der Waals surface area contributed by atoms with Gasteiger partial charge in [-0.15, -0.1) is 0 Å². The molecule has 0 bridgehead atoms. The van der Waals surface area contributed by atoms with Crippen molar-refractivity contribution in [2.45, 2.75) is 31.2 Å².